The van der Waals surface area contributed by atoms with Crippen molar-refractivity contribution in [1.29, 1.82) is 0 Å². The maximum Gasteiger partial charge on any atom is 0.338 e. The molecule has 1 aliphatic rings. The van der Waals surface area contributed by atoms with Gasteiger partial charge in [-0.2, -0.15) is 4.31 Å². The van der Waals surface area contributed by atoms with Crippen molar-refractivity contribution >= 4 is 27.6 Å². The van der Waals surface area contributed by atoms with Gasteiger partial charge >= 0.3 is 5.97 Å². The number of nitrogens with zero attached hydrogens (tertiary/aromatic N) is 1. The normalized spacial score (nSPS) is 15.6. The molecule has 0 amide bonds. The lowest BCUT2D eigenvalue weighted by Crippen LogP contribution is -2.40. The molecular formula is C18H18ClNO5S. The molecule has 0 unspecified atom stereocenters. The Morgan fingerprint density at radius 3 is 2.27 bits per heavy atom. The first-order valence-corrected chi connectivity index (χ1v) is 9.88. The molecule has 6 nitrogen and oxygen atoms in total. The van der Waals surface area contributed by atoms with E-state index in [4.69, 9.17) is 21.1 Å². The molecule has 0 radical (unpaired) electrons. The van der Waals surface area contributed by atoms with Crippen LogP contribution >= 0.6 is 11.6 Å². The molecule has 1 aliphatic heterocycles. The van der Waals surface area contributed by atoms with Gasteiger partial charge in [0.15, 0.2) is 0 Å². The lowest BCUT2D eigenvalue weighted by atomic mass is 10.2. The van der Waals surface area contributed by atoms with E-state index in [2.05, 4.69) is 0 Å². The highest BCUT2D eigenvalue weighted by molar-refractivity contribution is 7.89. The van der Waals surface area contributed by atoms with Gasteiger partial charge in [0, 0.05) is 18.1 Å². The van der Waals surface area contributed by atoms with Crippen molar-refractivity contribution < 1.29 is 22.7 Å². The maximum absolute atomic E-state index is 12.6. The Kier molecular flexibility index (Phi) is 5.93. The second-order valence-corrected chi connectivity index (χ2v) is 8.12. The zero-order valence-electron chi connectivity index (χ0n) is 13.9. The van der Waals surface area contributed by atoms with Gasteiger partial charge in [0.05, 0.1) is 23.7 Å². The number of carbonyl (C=O) groups is 1. The fraction of sp³-hybridized carbons (Fsp3) is 0.278. The molecule has 3 rings (SSSR count). The zero-order valence-corrected chi connectivity index (χ0v) is 15.5. The van der Waals surface area contributed by atoms with Crippen LogP contribution in [0.15, 0.2) is 53.4 Å². The molecule has 1 fully saturated rings. The molecule has 1 saturated heterocycles. The molecule has 0 aliphatic carbocycles. The minimum atomic E-state index is -3.58. The Morgan fingerprint density at radius 1 is 1.04 bits per heavy atom. The fourth-order valence-electron chi connectivity index (χ4n) is 2.51. The molecule has 0 spiro atoms. The number of hydrogen-bond acceptors (Lipinski definition) is 5. The maximum atomic E-state index is 12.6. The number of carbonyl (C=O) groups excluding carboxylic acids is 1. The molecule has 0 saturated carbocycles. The van der Waals surface area contributed by atoms with Crippen LogP contribution in [0.2, 0.25) is 5.02 Å². The third-order valence-corrected chi connectivity index (χ3v) is 6.15. The van der Waals surface area contributed by atoms with E-state index in [-0.39, 0.29) is 11.5 Å². The predicted octanol–water partition coefficient (Wildman–Crippen LogP) is 2.72. The summed E-state index contributed by atoms with van der Waals surface area (Å²) in [6.45, 7) is 1.53. The minimum absolute atomic E-state index is 0.115. The number of rotatable bonds is 5. The van der Waals surface area contributed by atoms with Crippen LogP contribution in [0.1, 0.15) is 15.9 Å². The number of esters is 1. The number of halogens is 1. The molecule has 1 heterocycles. The Morgan fingerprint density at radius 2 is 1.65 bits per heavy atom. The van der Waals surface area contributed by atoms with Crippen LogP contribution < -0.4 is 0 Å². The van der Waals surface area contributed by atoms with Crippen molar-refractivity contribution in [3.63, 3.8) is 0 Å². The van der Waals surface area contributed by atoms with E-state index < -0.39 is 16.0 Å². The molecule has 138 valence electrons. The number of benzene rings is 2. The number of hydrogen-bond donors (Lipinski definition) is 0. The van der Waals surface area contributed by atoms with Gasteiger partial charge in [0.2, 0.25) is 10.0 Å². The van der Waals surface area contributed by atoms with Crippen molar-refractivity contribution in [3.8, 4) is 0 Å². The molecule has 26 heavy (non-hydrogen) atoms. The summed E-state index contributed by atoms with van der Waals surface area (Å²) in [6.07, 6.45) is 0. The van der Waals surface area contributed by atoms with Crippen LogP contribution in [0.3, 0.4) is 0 Å². The van der Waals surface area contributed by atoms with Crippen molar-refractivity contribution in [1.82, 2.24) is 4.31 Å². The summed E-state index contributed by atoms with van der Waals surface area (Å²) in [6, 6.07) is 12.7. The van der Waals surface area contributed by atoms with E-state index in [1.165, 1.54) is 28.6 Å². The summed E-state index contributed by atoms with van der Waals surface area (Å²) in [5.41, 5.74) is 1.11. The van der Waals surface area contributed by atoms with Crippen LogP contribution in [0, 0.1) is 0 Å². The van der Waals surface area contributed by atoms with Gasteiger partial charge in [-0.15, -0.1) is 0 Å². The Bertz CT molecular complexity index is 859. The summed E-state index contributed by atoms with van der Waals surface area (Å²) in [4.78, 5) is 12.3. The van der Waals surface area contributed by atoms with Gasteiger partial charge in [0.25, 0.3) is 0 Å². The summed E-state index contributed by atoms with van der Waals surface area (Å²) >= 11 is 5.81. The van der Waals surface area contributed by atoms with Crippen LogP contribution in [0.4, 0.5) is 0 Å². The van der Waals surface area contributed by atoms with Crippen LogP contribution in [-0.4, -0.2) is 45.0 Å². The first-order valence-electron chi connectivity index (χ1n) is 8.06. The topological polar surface area (TPSA) is 72.9 Å². The quantitative estimate of drug-likeness (QED) is 0.728. The predicted molar refractivity (Wildman–Crippen MR) is 96.6 cm³/mol. The highest BCUT2D eigenvalue weighted by Gasteiger charge is 2.26. The summed E-state index contributed by atoms with van der Waals surface area (Å²) in [5.74, 6) is -0.518. The monoisotopic (exact) mass is 395 g/mol. The molecule has 2 aromatic rings. The van der Waals surface area contributed by atoms with E-state index in [1.807, 2.05) is 0 Å². The molecule has 0 aromatic heterocycles. The average Bonchev–Trinajstić information content (AvgIpc) is 2.68. The van der Waals surface area contributed by atoms with E-state index >= 15 is 0 Å². The van der Waals surface area contributed by atoms with Gasteiger partial charge in [-0.05, 0) is 42.0 Å². The van der Waals surface area contributed by atoms with E-state index in [9.17, 15) is 13.2 Å². The fourth-order valence-corrected chi connectivity index (χ4v) is 4.05. The second kappa shape index (κ2) is 8.18. The summed E-state index contributed by atoms with van der Waals surface area (Å²) in [5, 5.41) is 0.608. The molecule has 0 N–H and O–H groups in total. The third-order valence-electron chi connectivity index (χ3n) is 3.98. The van der Waals surface area contributed by atoms with Crippen molar-refractivity contribution in [2.24, 2.45) is 0 Å². The Hall–Kier alpha value is -1.93. The Labute approximate surface area is 157 Å². The second-order valence-electron chi connectivity index (χ2n) is 5.74. The first kappa shape index (κ1) is 18.8. The van der Waals surface area contributed by atoms with Crippen molar-refractivity contribution in [2.45, 2.75) is 11.5 Å². The standard InChI is InChI=1S/C18H18ClNO5S/c19-16-5-1-14(2-6-16)13-25-18(21)15-3-7-17(8-4-15)26(22,23)20-9-11-24-12-10-20/h1-8H,9-13H2. The summed E-state index contributed by atoms with van der Waals surface area (Å²) in [7, 11) is -3.58. The molecular weight excluding hydrogens is 378 g/mol. The van der Waals surface area contributed by atoms with E-state index in [1.54, 1.807) is 24.3 Å². The van der Waals surface area contributed by atoms with Gasteiger partial charge in [-0.1, -0.05) is 23.7 Å². The van der Waals surface area contributed by atoms with Crippen LogP contribution in [-0.2, 0) is 26.1 Å². The van der Waals surface area contributed by atoms with E-state index in [0.29, 0.717) is 36.9 Å². The number of morpholine rings is 1. The number of sulfonamides is 1. The van der Waals surface area contributed by atoms with Gasteiger partial charge in [-0.3, -0.25) is 0 Å². The Balaban J connectivity index is 1.64. The van der Waals surface area contributed by atoms with E-state index in [0.717, 1.165) is 5.56 Å². The van der Waals surface area contributed by atoms with Gasteiger partial charge < -0.3 is 9.47 Å². The van der Waals surface area contributed by atoms with Gasteiger partial charge in [-0.25, -0.2) is 13.2 Å². The van der Waals surface area contributed by atoms with Crippen molar-refractivity contribution in [2.75, 3.05) is 26.3 Å². The smallest absolute Gasteiger partial charge is 0.338 e. The van der Waals surface area contributed by atoms with Gasteiger partial charge in [0.1, 0.15) is 6.61 Å². The molecule has 0 bridgehead atoms. The third kappa shape index (κ3) is 4.42. The molecule has 8 heteroatoms. The number of ether oxygens (including phenoxy) is 2. The highest BCUT2D eigenvalue weighted by Crippen LogP contribution is 2.18. The lowest BCUT2D eigenvalue weighted by molar-refractivity contribution is 0.0472. The average molecular weight is 396 g/mol. The van der Waals surface area contributed by atoms with Crippen LogP contribution in [0.25, 0.3) is 0 Å². The summed E-state index contributed by atoms with van der Waals surface area (Å²) < 4.78 is 36.9. The minimum Gasteiger partial charge on any atom is -0.457 e. The van der Waals surface area contributed by atoms with Crippen molar-refractivity contribution in [3.05, 3.63) is 64.7 Å². The molecule has 2 aromatic carbocycles. The first-order chi connectivity index (χ1) is 12.5. The highest BCUT2D eigenvalue weighted by atomic mass is 35.5. The molecule has 0 atom stereocenters. The lowest BCUT2D eigenvalue weighted by Gasteiger charge is -2.26. The largest absolute Gasteiger partial charge is 0.457 e. The zero-order chi connectivity index (χ0) is 18.6. The van der Waals surface area contributed by atoms with Crippen LogP contribution in [0.5, 0.6) is 0 Å². The SMILES string of the molecule is O=C(OCc1ccc(Cl)cc1)c1ccc(S(=O)(=O)N2CCOCC2)cc1.